The molecule has 3 heteroatoms. The van der Waals surface area contributed by atoms with Gasteiger partial charge in [0.05, 0.1) is 5.69 Å². The first kappa shape index (κ1) is 12.6. The second-order valence-corrected chi connectivity index (χ2v) is 5.29. The molecule has 1 saturated carbocycles. The molecule has 1 heterocycles. The van der Waals surface area contributed by atoms with Crippen LogP contribution in [0, 0.1) is 11.8 Å². The Kier molecular flexibility index (Phi) is 4.60. The van der Waals surface area contributed by atoms with Crippen LogP contribution in [0.1, 0.15) is 45.2 Å². The third-order valence-corrected chi connectivity index (χ3v) is 4.11. The molecule has 2 unspecified atom stereocenters. The average Bonchev–Trinajstić information content (AvgIpc) is 2.79. The zero-order chi connectivity index (χ0) is 12.1. The zero-order valence-corrected chi connectivity index (χ0v) is 11.2. The number of aromatic nitrogens is 2. The average molecular weight is 235 g/mol. The first-order valence-electron chi connectivity index (χ1n) is 7.02. The first-order chi connectivity index (χ1) is 8.31. The highest BCUT2D eigenvalue weighted by Crippen LogP contribution is 2.28. The van der Waals surface area contributed by atoms with E-state index in [2.05, 4.69) is 35.0 Å². The largest absolute Gasteiger partial charge is 0.311 e. The van der Waals surface area contributed by atoms with E-state index in [0.717, 1.165) is 31.5 Å². The smallest absolute Gasteiger partial charge is 0.0521 e. The van der Waals surface area contributed by atoms with Gasteiger partial charge in [-0.25, -0.2) is 0 Å². The summed E-state index contributed by atoms with van der Waals surface area (Å²) in [4.78, 5) is 0. The lowest BCUT2D eigenvalue weighted by Gasteiger charge is -2.28. The normalized spacial score (nSPS) is 25.1. The molecule has 3 nitrogen and oxygen atoms in total. The highest BCUT2D eigenvalue weighted by molar-refractivity contribution is 4.99. The van der Waals surface area contributed by atoms with Crippen LogP contribution in [-0.2, 0) is 13.1 Å². The van der Waals surface area contributed by atoms with E-state index in [1.165, 1.54) is 31.4 Å². The Balaban J connectivity index is 1.75. The summed E-state index contributed by atoms with van der Waals surface area (Å²) in [5.74, 6) is 1.77. The Morgan fingerprint density at radius 3 is 3.00 bits per heavy atom. The van der Waals surface area contributed by atoms with E-state index in [-0.39, 0.29) is 0 Å². The van der Waals surface area contributed by atoms with Crippen molar-refractivity contribution in [3.63, 3.8) is 0 Å². The Labute approximate surface area is 105 Å². The molecule has 1 N–H and O–H groups in total. The Hall–Kier alpha value is -0.830. The molecule has 0 amide bonds. The highest BCUT2D eigenvalue weighted by Gasteiger charge is 2.20. The van der Waals surface area contributed by atoms with Gasteiger partial charge in [-0.05, 0) is 37.8 Å². The molecule has 0 saturated heterocycles. The van der Waals surface area contributed by atoms with Crippen LogP contribution in [0.15, 0.2) is 12.3 Å². The summed E-state index contributed by atoms with van der Waals surface area (Å²) in [5, 5.41) is 7.89. The molecule has 1 aliphatic rings. The SMILES string of the molecule is CCn1nccc1CNCC1CCCCC1C. The van der Waals surface area contributed by atoms with Gasteiger partial charge in [0, 0.05) is 19.3 Å². The summed E-state index contributed by atoms with van der Waals surface area (Å²) in [7, 11) is 0. The van der Waals surface area contributed by atoms with E-state index in [1.807, 2.05) is 6.20 Å². The molecule has 2 rings (SSSR count). The molecule has 1 aromatic heterocycles. The Morgan fingerprint density at radius 1 is 1.41 bits per heavy atom. The number of nitrogens with one attached hydrogen (secondary N) is 1. The van der Waals surface area contributed by atoms with Crippen molar-refractivity contribution in [3.8, 4) is 0 Å². The van der Waals surface area contributed by atoms with Crippen LogP contribution in [0.3, 0.4) is 0 Å². The van der Waals surface area contributed by atoms with Gasteiger partial charge in [-0.2, -0.15) is 5.10 Å². The molecule has 96 valence electrons. The fourth-order valence-electron chi connectivity index (χ4n) is 2.88. The van der Waals surface area contributed by atoms with Crippen LogP contribution in [0.5, 0.6) is 0 Å². The molecule has 1 fully saturated rings. The standard InChI is InChI=1S/C14H25N3/c1-3-17-14(8-9-16-17)11-15-10-13-7-5-4-6-12(13)2/h8-9,12-13,15H,3-7,10-11H2,1-2H3. The number of nitrogens with zero attached hydrogens (tertiary/aromatic N) is 2. The lowest BCUT2D eigenvalue weighted by Crippen LogP contribution is -2.29. The summed E-state index contributed by atoms with van der Waals surface area (Å²) < 4.78 is 2.07. The van der Waals surface area contributed by atoms with Crippen molar-refractivity contribution in [1.29, 1.82) is 0 Å². The maximum absolute atomic E-state index is 4.29. The minimum atomic E-state index is 0.877. The van der Waals surface area contributed by atoms with Gasteiger partial charge in [0.25, 0.3) is 0 Å². The molecule has 0 radical (unpaired) electrons. The van der Waals surface area contributed by atoms with Crippen molar-refractivity contribution >= 4 is 0 Å². The predicted octanol–water partition coefficient (Wildman–Crippen LogP) is 2.82. The van der Waals surface area contributed by atoms with E-state index in [9.17, 15) is 0 Å². The van der Waals surface area contributed by atoms with Gasteiger partial charge in [-0.3, -0.25) is 4.68 Å². The van der Waals surface area contributed by atoms with Gasteiger partial charge in [0.15, 0.2) is 0 Å². The topological polar surface area (TPSA) is 29.9 Å². The van der Waals surface area contributed by atoms with Gasteiger partial charge >= 0.3 is 0 Å². The van der Waals surface area contributed by atoms with Crippen LogP contribution in [0.25, 0.3) is 0 Å². The van der Waals surface area contributed by atoms with Crippen LogP contribution >= 0.6 is 0 Å². The van der Waals surface area contributed by atoms with Gasteiger partial charge in [0.1, 0.15) is 0 Å². The molecular formula is C14H25N3. The molecule has 2 atom stereocenters. The highest BCUT2D eigenvalue weighted by atomic mass is 15.3. The van der Waals surface area contributed by atoms with E-state index >= 15 is 0 Å². The third-order valence-electron chi connectivity index (χ3n) is 4.11. The van der Waals surface area contributed by atoms with Gasteiger partial charge in [-0.15, -0.1) is 0 Å². The summed E-state index contributed by atoms with van der Waals surface area (Å²) in [6, 6.07) is 2.11. The first-order valence-corrected chi connectivity index (χ1v) is 7.02. The Bertz CT molecular complexity index is 332. The van der Waals surface area contributed by atoms with Crippen molar-refractivity contribution in [2.45, 2.75) is 52.6 Å². The third kappa shape index (κ3) is 3.32. The van der Waals surface area contributed by atoms with Gasteiger partial charge in [-0.1, -0.05) is 26.2 Å². The lowest BCUT2D eigenvalue weighted by atomic mass is 9.80. The van der Waals surface area contributed by atoms with Crippen molar-refractivity contribution in [2.24, 2.45) is 11.8 Å². The van der Waals surface area contributed by atoms with E-state index in [1.54, 1.807) is 0 Å². The van der Waals surface area contributed by atoms with Crippen LogP contribution in [0.2, 0.25) is 0 Å². The second-order valence-electron chi connectivity index (χ2n) is 5.29. The van der Waals surface area contributed by atoms with Crippen LogP contribution < -0.4 is 5.32 Å². The van der Waals surface area contributed by atoms with Crippen LogP contribution in [0.4, 0.5) is 0 Å². The fourth-order valence-corrected chi connectivity index (χ4v) is 2.88. The number of rotatable bonds is 5. The lowest BCUT2D eigenvalue weighted by molar-refractivity contribution is 0.247. The van der Waals surface area contributed by atoms with E-state index < -0.39 is 0 Å². The quantitative estimate of drug-likeness (QED) is 0.850. The Morgan fingerprint density at radius 2 is 2.24 bits per heavy atom. The molecule has 1 aliphatic carbocycles. The van der Waals surface area contributed by atoms with Crippen LogP contribution in [-0.4, -0.2) is 16.3 Å². The molecule has 0 aliphatic heterocycles. The number of hydrogen-bond acceptors (Lipinski definition) is 2. The van der Waals surface area contributed by atoms with E-state index in [4.69, 9.17) is 0 Å². The molecule has 17 heavy (non-hydrogen) atoms. The maximum Gasteiger partial charge on any atom is 0.0521 e. The van der Waals surface area contributed by atoms with E-state index in [0.29, 0.717) is 0 Å². The van der Waals surface area contributed by atoms with Gasteiger partial charge < -0.3 is 5.32 Å². The monoisotopic (exact) mass is 235 g/mol. The molecular weight excluding hydrogens is 210 g/mol. The molecule has 0 aromatic carbocycles. The maximum atomic E-state index is 4.29. The predicted molar refractivity (Wildman–Crippen MR) is 70.7 cm³/mol. The zero-order valence-electron chi connectivity index (χ0n) is 11.2. The van der Waals surface area contributed by atoms with Crippen molar-refractivity contribution < 1.29 is 0 Å². The molecule has 0 bridgehead atoms. The van der Waals surface area contributed by atoms with Gasteiger partial charge in [0.2, 0.25) is 0 Å². The second kappa shape index (κ2) is 6.20. The van der Waals surface area contributed by atoms with Crippen molar-refractivity contribution in [3.05, 3.63) is 18.0 Å². The minimum Gasteiger partial charge on any atom is -0.311 e. The fraction of sp³-hybridized carbons (Fsp3) is 0.786. The number of hydrogen-bond donors (Lipinski definition) is 1. The summed E-state index contributed by atoms with van der Waals surface area (Å²) in [6.45, 7) is 7.62. The van der Waals surface area contributed by atoms with Crippen molar-refractivity contribution in [1.82, 2.24) is 15.1 Å². The molecule has 0 spiro atoms. The minimum absolute atomic E-state index is 0.877. The molecule has 1 aromatic rings. The summed E-state index contributed by atoms with van der Waals surface area (Å²) in [6.07, 6.45) is 7.56. The van der Waals surface area contributed by atoms with Crippen molar-refractivity contribution in [2.75, 3.05) is 6.54 Å². The summed E-state index contributed by atoms with van der Waals surface area (Å²) >= 11 is 0. The number of aryl methyl sites for hydroxylation is 1. The summed E-state index contributed by atoms with van der Waals surface area (Å²) in [5.41, 5.74) is 1.30.